The molecule has 6 rings (SSSR count). The standard InChI is InChI=1S/C17H11N3/c1-2-4-11-10(3-1)15-13-7-18-6-5-12(13)16(11)17-14(15)8-19-9-20-17/h1-9,15-16H. The molecule has 0 fully saturated rings. The summed E-state index contributed by atoms with van der Waals surface area (Å²) in [5.74, 6) is 0.461. The van der Waals surface area contributed by atoms with E-state index in [1.807, 2.05) is 18.6 Å². The van der Waals surface area contributed by atoms with Crippen LogP contribution in [0.3, 0.4) is 0 Å². The van der Waals surface area contributed by atoms with Crippen molar-refractivity contribution in [1.82, 2.24) is 15.0 Å². The number of hydrogen-bond acceptors (Lipinski definition) is 3. The van der Waals surface area contributed by atoms with Gasteiger partial charge in [0.05, 0.1) is 11.6 Å². The average Bonchev–Trinajstić information content (AvgIpc) is 2.54. The van der Waals surface area contributed by atoms with Gasteiger partial charge >= 0.3 is 0 Å². The number of pyridine rings is 1. The highest BCUT2D eigenvalue weighted by Crippen LogP contribution is 2.54. The van der Waals surface area contributed by atoms with Crippen LogP contribution in [0.2, 0.25) is 0 Å². The van der Waals surface area contributed by atoms with Gasteiger partial charge in [0.1, 0.15) is 6.33 Å². The Kier molecular flexibility index (Phi) is 1.80. The van der Waals surface area contributed by atoms with Crippen LogP contribution in [0.25, 0.3) is 0 Å². The Morgan fingerprint density at radius 1 is 0.700 bits per heavy atom. The Morgan fingerprint density at radius 2 is 1.45 bits per heavy atom. The van der Waals surface area contributed by atoms with Gasteiger partial charge in [-0.3, -0.25) is 4.98 Å². The molecule has 0 radical (unpaired) electrons. The van der Waals surface area contributed by atoms with Gasteiger partial charge in [-0.05, 0) is 28.3 Å². The molecular weight excluding hydrogens is 246 g/mol. The number of hydrogen-bond donors (Lipinski definition) is 0. The zero-order valence-corrected chi connectivity index (χ0v) is 10.7. The monoisotopic (exact) mass is 257 g/mol. The zero-order chi connectivity index (χ0) is 13.1. The summed E-state index contributed by atoms with van der Waals surface area (Å²) in [6.45, 7) is 0. The highest BCUT2D eigenvalue weighted by molar-refractivity contribution is 5.65. The fourth-order valence-corrected chi connectivity index (χ4v) is 3.74. The van der Waals surface area contributed by atoms with Crippen molar-refractivity contribution in [1.29, 1.82) is 0 Å². The highest BCUT2D eigenvalue weighted by Gasteiger charge is 2.42. The summed E-state index contributed by atoms with van der Waals surface area (Å²) in [5.41, 5.74) is 7.79. The summed E-state index contributed by atoms with van der Waals surface area (Å²) in [7, 11) is 0. The molecule has 2 bridgehead atoms. The lowest BCUT2D eigenvalue weighted by molar-refractivity contribution is 0.713. The van der Waals surface area contributed by atoms with Crippen molar-refractivity contribution in [2.45, 2.75) is 11.8 Å². The van der Waals surface area contributed by atoms with E-state index >= 15 is 0 Å². The van der Waals surface area contributed by atoms with Crippen LogP contribution >= 0.6 is 0 Å². The van der Waals surface area contributed by atoms with Crippen LogP contribution in [0.4, 0.5) is 0 Å². The third kappa shape index (κ3) is 1.09. The first-order valence-electron chi connectivity index (χ1n) is 6.77. The minimum absolute atomic E-state index is 0.229. The molecule has 3 heteroatoms. The summed E-state index contributed by atoms with van der Waals surface area (Å²) >= 11 is 0. The van der Waals surface area contributed by atoms with E-state index in [0.717, 1.165) is 5.69 Å². The number of nitrogens with zero attached hydrogens (tertiary/aromatic N) is 3. The van der Waals surface area contributed by atoms with E-state index in [-0.39, 0.29) is 11.8 Å². The predicted octanol–water partition coefficient (Wildman–Crippen LogP) is 2.86. The van der Waals surface area contributed by atoms with Gasteiger partial charge in [-0.1, -0.05) is 24.3 Å². The lowest BCUT2D eigenvalue weighted by Crippen LogP contribution is -2.28. The molecule has 0 aliphatic heterocycles. The summed E-state index contributed by atoms with van der Waals surface area (Å²) in [4.78, 5) is 13.1. The Balaban J connectivity index is 1.93. The first-order chi connectivity index (χ1) is 9.95. The number of aromatic nitrogens is 3. The third-order valence-corrected chi connectivity index (χ3v) is 4.48. The van der Waals surface area contributed by atoms with Crippen LogP contribution in [0, 0.1) is 0 Å². The summed E-state index contributed by atoms with van der Waals surface area (Å²) in [6.07, 6.45) is 7.50. The first kappa shape index (κ1) is 10.3. The van der Waals surface area contributed by atoms with Gasteiger partial charge < -0.3 is 0 Å². The van der Waals surface area contributed by atoms with Crippen LogP contribution < -0.4 is 0 Å². The lowest BCUT2D eigenvalue weighted by Gasteiger charge is -2.40. The van der Waals surface area contributed by atoms with Crippen LogP contribution in [0.1, 0.15) is 45.3 Å². The molecule has 0 N–H and O–H groups in total. The predicted molar refractivity (Wildman–Crippen MR) is 74.6 cm³/mol. The number of rotatable bonds is 0. The minimum atomic E-state index is 0.229. The molecular formula is C17H11N3. The van der Waals surface area contributed by atoms with Gasteiger partial charge in [0.25, 0.3) is 0 Å². The van der Waals surface area contributed by atoms with E-state index in [2.05, 4.69) is 45.3 Å². The van der Waals surface area contributed by atoms with Gasteiger partial charge in [-0.15, -0.1) is 0 Å². The van der Waals surface area contributed by atoms with Crippen molar-refractivity contribution < 1.29 is 0 Å². The molecule has 0 spiro atoms. The van der Waals surface area contributed by atoms with Crippen LogP contribution in [-0.4, -0.2) is 15.0 Å². The fourth-order valence-electron chi connectivity index (χ4n) is 3.74. The van der Waals surface area contributed by atoms with Crippen LogP contribution in [0.5, 0.6) is 0 Å². The second kappa shape index (κ2) is 3.51. The molecule has 1 aromatic carbocycles. The average molecular weight is 257 g/mol. The maximum atomic E-state index is 4.57. The van der Waals surface area contributed by atoms with E-state index in [9.17, 15) is 0 Å². The van der Waals surface area contributed by atoms with E-state index in [0.29, 0.717) is 0 Å². The number of benzene rings is 1. The van der Waals surface area contributed by atoms with Crippen molar-refractivity contribution in [3.8, 4) is 0 Å². The van der Waals surface area contributed by atoms with Gasteiger partial charge in [0.2, 0.25) is 0 Å². The topological polar surface area (TPSA) is 38.7 Å². The summed E-state index contributed by atoms with van der Waals surface area (Å²) in [5, 5.41) is 0. The fraction of sp³-hybridized carbons (Fsp3) is 0.118. The second-order valence-corrected chi connectivity index (χ2v) is 5.36. The smallest absolute Gasteiger partial charge is 0.115 e. The Bertz CT molecular complexity index is 659. The molecule has 3 aliphatic rings. The van der Waals surface area contributed by atoms with E-state index in [1.165, 1.54) is 27.8 Å². The second-order valence-electron chi connectivity index (χ2n) is 5.36. The molecule has 94 valence electrons. The summed E-state index contributed by atoms with van der Waals surface area (Å²) < 4.78 is 0. The Labute approximate surface area is 116 Å². The van der Waals surface area contributed by atoms with Crippen molar-refractivity contribution in [2.75, 3.05) is 0 Å². The van der Waals surface area contributed by atoms with E-state index < -0.39 is 0 Å². The molecule has 2 unspecified atom stereocenters. The SMILES string of the molecule is c1ccc2c(c1)C1c3cnccc3C2c2ncncc21. The molecule has 0 amide bonds. The summed E-state index contributed by atoms with van der Waals surface area (Å²) in [6, 6.07) is 10.8. The van der Waals surface area contributed by atoms with Gasteiger partial charge in [-0.25, -0.2) is 9.97 Å². The van der Waals surface area contributed by atoms with Crippen molar-refractivity contribution in [3.05, 3.63) is 88.8 Å². The molecule has 3 nitrogen and oxygen atoms in total. The van der Waals surface area contributed by atoms with Crippen molar-refractivity contribution in [3.63, 3.8) is 0 Å². The Morgan fingerprint density at radius 3 is 2.35 bits per heavy atom. The van der Waals surface area contributed by atoms with Gasteiger partial charge in [0.15, 0.2) is 0 Å². The molecule has 0 saturated carbocycles. The largest absolute Gasteiger partial charge is 0.264 e. The van der Waals surface area contributed by atoms with Crippen LogP contribution in [0.15, 0.2) is 55.2 Å². The quantitative estimate of drug-likeness (QED) is 0.428. The molecule has 3 aliphatic carbocycles. The van der Waals surface area contributed by atoms with E-state index in [1.54, 1.807) is 6.33 Å². The zero-order valence-electron chi connectivity index (χ0n) is 10.7. The maximum Gasteiger partial charge on any atom is 0.115 e. The first-order valence-corrected chi connectivity index (χ1v) is 6.77. The van der Waals surface area contributed by atoms with Gasteiger partial charge in [-0.2, -0.15) is 0 Å². The molecule has 2 heterocycles. The third-order valence-electron chi connectivity index (χ3n) is 4.48. The van der Waals surface area contributed by atoms with Crippen molar-refractivity contribution in [2.24, 2.45) is 0 Å². The molecule has 3 aromatic rings. The minimum Gasteiger partial charge on any atom is -0.264 e. The Hall–Kier alpha value is -2.55. The molecule has 0 saturated heterocycles. The molecule has 2 atom stereocenters. The van der Waals surface area contributed by atoms with Crippen LogP contribution in [-0.2, 0) is 0 Å². The van der Waals surface area contributed by atoms with Gasteiger partial charge in [0, 0.05) is 30.1 Å². The normalized spacial score (nSPS) is 21.0. The van der Waals surface area contributed by atoms with Crippen molar-refractivity contribution >= 4 is 0 Å². The lowest BCUT2D eigenvalue weighted by atomic mass is 9.63. The highest BCUT2D eigenvalue weighted by atomic mass is 14.8. The molecule has 2 aromatic heterocycles. The molecule has 20 heavy (non-hydrogen) atoms. The van der Waals surface area contributed by atoms with E-state index in [4.69, 9.17) is 0 Å². The maximum absolute atomic E-state index is 4.57.